The van der Waals surface area contributed by atoms with Crippen molar-refractivity contribution in [1.82, 2.24) is 4.57 Å². The summed E-state index contributed by atoms with van der Waals surface area (Å²) in [6, 6.07) is 13.5. The number of carbonyl (C=O) groups is 4. The van der Waals surface area contributed by atoms with E-state index in [4.69, 9.17) is 9.47 Å². The number of ketones is 1. The molecule has 3 aromatic rings. The lowest BCUT2D eigenvalue weighted by atomic mass is 10.1. The third-order valence-electron chi connectivity index (χ3n) is 5.46. The first-order chi connectivity index (χ1) is 16.3. The second-order valence-corrected chi connectivity index (χ2v) is 8.72. The van der Waals surface area contributed by atoms with Crippen molar-refractivity contribution in [3.63, 3.8) is 0 Å². The predicted molar refractivity (Wildman–Crippen MR) is 127 cm³/mol. The molecule has 174 valence electrons. The van der Waals surface area contributed by atoms with E-state index in [-0.39, 0.29) is 17.3 Å². The summed E-state index contributed by atoms with van der Waals surface area (Å²) in [4.78, 5) is 49.5. The molecule has 1 N–H and O–H groups in total. The van der Waals surface area contributed by atoms with Gasteiger partial charge in [0.2, 0.25) is 11.7 Å². The van der Waals surface area contributed by atoms with Crippen molar-refractivity contribution >= 4 is 41.1 Å². The second-order valence-electron chi connectivity index (χ2n) is 7.71. The molecule has 0 atom stereocenters. The fourth-order valence-electron chi connectivity index (χ4n) is 3.81. The Balaban J connectivity index is 1.47. The van der Waals surface area contributed by atoms with E-state index in [1.807, 2.05) is 11.5 Å². The van der Waals surface area contributed by atoms with Gasteiger partial charge >= 0.3 is 11.9 Å². The molecule has 0 saturated heterocycles. The summed E-state index contributed by atoms with van der Waals surface area (Å²) in [5.41, 5.74) is 3.98. The maximum absolute atomic E-state index is 12.8. The zero-order valence-electron chi connectivity index (χ0n) is 18.8. The molecule has 2 heterocycles. The molecule has 0 fully saturated rings. The maximum Gasteiger partial charge on any atom is 0.338 e. The van der Waals surface area contributed by atoms with Gasteiger partial charge in [-0.1, -0.05) is 0 Å². The number of aromatic nitrogens is 1. The van der Waals surface area contributed by atoms with Crippen LogP contribution in [0.2, 0.25) is 0 Å². The van der Waals surface area contributed by atoms with Gasteiger partial charge in [0.25, 0.3) is 0 Å². The summed E-state index contributed by atoms with van der Waals surface area (Å²) in [6.07, 6.45) is 0. The molecule has 0 bridgehead atoms. The molecule has 0 unspecified atom stereocenters. The highest BCUT2D eigenvalue weighted by molar-refractivity contribution is 8.00. The van der Waals surface area contributed by atoms with Gasteiger partial charge in [0.15, 0.2) is 6.61 Å². The lowest BCUT2D eigenvalue weighted by Gasteiger charge is -2.16. The maximum atomic E-state index is 12.8. The molecule has 1 amide bonds. The number of esters is 2. The van der Waals surface area contributed by atoms with Gasteiger partial charge in [-0.25, -0.2) is 9.59 Å². The molecule has 9 heteroatoms. The van der Waals surface area contributed by atoms with Crippen molar-refractivity contribution in [2.45, 2.75) is 18.7 Å². The van der Waals surface area contributed by atoms with Gasteiger partial charge < -0.3 is 19.4 Å². The third kappa shape index (κ3) is 4.60. The SMILES string of the molecule is COC(=O)c1ccc(-n2c(C)cc(C(=O)COC(=O)c3ccc4c(c3)NC(=O)CS4)c2C)cc1. The Labute approximate surface area is 200 Å². The van der Waals surface area contributed by atoms with Gasteiger partial charge in [-0.2, -0.15) is 0 Å². The molecule has 0 saturated carbocycles. The highest BCUT2D eigenvalue weighted by Gasteiger charge is 2.21. The number of Topliss-reactive ketones (excluding diaryl/α,β-unsaturated/α-hetero) is 1. The molecule has 0 radical (unpaired) electrons. The number of nitrogens with zero attached hydrogens (tertiary/aromatic N) is 1. The molecule has 1 aliphatic heterocycles. The zero-order chi connectivity index (χ0) is 24.4. The molecular weight excluding hydrogens is 456 g/mol. The Morgan fingerprint density at radius 3 is 2.41 bits per heavy atom. The molecule has 1 aromatic heterocycles. The summed E-state index contributed by atoms with van der Waals surface area (Å²) in [5, 5.41) is 2.73. The van der Waals surface area contributed by atoms with Gasteiger partial charge in [0.05, 0.1) is 29.7 Å². The van der Waals surface area contributed by atoms with Crippen LogP contribution >= 0.6 is 11.8 Å². The summed E-state index contributed by atoms with van der Waals surface area (Å²) in [5.74, 6) is -1.20. The highest BCUT2D eigenvalue weighted by atomic mass is 32.2. The van der Waals surface area contributed by atoms with E-state index in [0.29, 0.717) is 28.3 Å². The number of methoxy groups -OCH3 is 1. The number of fused-ring (bicyclic) bond motifs is 1. The number of anilines is 1. The number of thioether (sulfide) groups is 1. The first-order valence-electron chi connectivity index (χ1n) is 10.4. The summed E-state index contributed by atoms with van der Waals surface area (Å²) < 4.78 is 11.9. The van der Waals surface area contributed by atoms with Crippen molar-refractivity contribution in [1.29, 1.82) is 0 Å². The molecule has 8 nitrogen and oxygen atoms in total. The normalized spacial score (nSPS) is 12.5. The van der Waals surface area contributed by atoms with Gasteiger partial charge in [-0.05, 0) is 62.4 Å². The molecule has 0 spiro atoms. The van der Waals surface area contributed by atoms with Gasteiger partial charge in [0.1, 0.15) is 0 Å². The van der Waals surface area contributed by atoms with Crippen LogP contribution < -0.4 is 5.32 Å². The zero-order valence-corrected chi connectivity index (χ0v) is 19.7. The van der Waals surface area contributed by atoms with E-state index in [9.17, 15) is 19.2 Å². The number of rotatable bonds is 6. The fourth-order valence-corrected chi connectivity index (χ4v) is 4.60. The second kappa shape index (κ2) is 9.56. The molecule has 34 heavy (non-hydrogen) atoms. The van der Waals surface area contributed by atoms with Gasteiger partial charge in [-0.3, -0.25) is 9.59 Å². The van der Waals surface area contributed by atoms with Gasteiger partial charge in [-0.15, -0.1) is 11.8 Å². The van der Waals surface area contributed by atoms with Crippen LogP contribution in [-0.2, 0) is 14.3 Å². The average Bonchev–Trinajstić information content (AvgIpc) is 3.15. The number of benzene rings is 2. The van der Waals surface area contributed by atoms with Crippen molar-refractivity contribution in [2.24, 2.45) is 0 Å². The number of ether oxygens (including phenoxy) is 2. The van der Waals surface area contributed by atoms with E-state index in [1.54, 1.807) is 55.5 Å². The minimum atomic E-state index is -0.645. The van der Waals surface area contributed by atoms with Crippen LogP contribution in [0.25, 0.3) is 5.69 Å². The first kappa shape index (κ1) is 23.3. The lowest BCUT2D eigenvalue weighted by Crippen LogP contribution is -2.19. The van der Waals surface area contributed by atoms with Crippen LogP contribution in [0.15, 0.2) is 53.4 Å². The number of aryl methyl sites for hydroxylation is 1. The predicted octanol–water partition coefficient (Wildman–Crippen LogP) is 3.96. The van der Waals surface area contributed by atoms with Gasteiger partial charge in [0, 0.05) is 27.5 Å². The third-order valence-corrected chi connectivity index (χ3v) is 6.53. The van der Waals surface area contributed by atoms with E-state index >= 15 is 0 Å². The Hall–Kier alpha value is -3.85. The Morgan fingerprint density at radius 1 is 1.00 bits per heavy atom. The van der Waals surface area contributed by atoms with Crippen LogP contribution in [-0.4, -0.2) is 47.7 Å². The number of nitrogens with one attached hydrogen (secondary N) is 1. The number of amides is 1. The standard InChI is InChI=1S/C25H22N2O6S/c1-14-10-19(15(2)27(14)18-7-4-16(5-8-18)24(30)32-3)21(28)12-33-25(31)17-6-9-22-20(11-17)26-23(29)13-34-22/h4-11H,12-13H2,1-3H3,(H,26,29). The van der Waals surface area contributed by atoms with Crippen LogP contribution in [0.4, 0.5) is 5.69 Å². The minimum Gasteiger partial charge on any atom is -0.465 e. The summed E-state index contributed by atoms with van der Waals surface area (Å²) >= 11 is 1.40. The number of carbonyl (C=O) groups excluding carboxylic acids is 4. The number of hydrogen-bond acceptors (Lipinski definition) is 7. The topological polar surface area (TPSA) is 104 Å². The smallest absolute Gasteiger partial charge is 0.338 e. The van der Waals surface area contributed by atoms with E-state index in [0.717, 1.165) is 16.3 Å². The minimum absolute atomic E-state index is 0.131. The Bertz CT molecular complexity index is 1310. The van der Waals surface area contributed by atoms with Crippen LogP contribution in [0.5, 0.6) is 0 Å². The molecular formula is C25H22N2O6S. The monoisotopic (exact) mass is 478 g/mol. The fraction of sp³-hybridized carbons (Fsp3) is 0.200. The Morgan fingerprint density at radius 2 is 1.71 bits per heavy atom. The molecule has 1 aliphatic rings. The van der Waals surface area contributed by atoms with Crippen LogP contribution in [0, 0.1) is 13.8 Å². The molecule has 4 rings (SSSR count). The lowest BCUT2D eigenvalue weighted by molar-refractivity contribution is -0.113. The molecule has 0 aliphatic carbocycles. The summed E-state index contributed by atoms with van der Waals surface area (Å²) in [6.45, 7) is 3.26. The number of hydrogen-bond donors (Lipinski definition) is 1. The van der Waals surface area contributed by atoms with Crippen LogP contribution in [0.3, 0.4) is 0 Å². The van der Waals surface area contributed by atoms with Crippen molar-refractivity contribution in [3.8, 4) is 5.69 Å². The van der Waals surface area contributed by atoms with Crippen molar-refractivity contribution in [3.05, 3.63) is 76.6 Å². The van der Waals surface area contributed by atoms with Crippen LogP contribution in [0.1, 0.15) is 42.5 Å². The van der Waals surface area contributed by atoms with E-state index < -0.39 is 18.5 Å². The van der Waals surface area contributed by atoms with Crippen molar-refractivity contribution < 1.29 is 28.7 Å². The summed E-state index contributed by atoms with van der Waals surface area (Å²) in [7, 11) is 1.32. The highest BCUT2D eigenvalue weighted by Crippen LogP contribution is 2.32. The van der Waals surface area contributed by atoms with Crippen molar-refractivity contribution in [2.75, 3.05) is 24.8 Å². The largest absolute Gasteiger partial charge is 0.465 e. The van der Waals surface area contributed by atoms with E-state index in [1.165, 1.54) is 18.9 Å². The molecule has 2 aromatic carbocycles. The van der Waals surface area contributed by atoms with E-state index in [2.05, 4.69) is 5.32 Å². The average molecular weight is 479 g/mol. The first-order valence-corrected chi connectivity index (χ1v) is 11.4. The Kier molecular flexibility index (Phi) is 6.56. The quantitative estimate of drug-likeness (QED) is 0.422.